The molecule has 4 rings (SSSR count). The Hall–Kier alpha value is -2.51. The second-order valence-electron chi connectivity index (χ2n) is 6.11. The van der Waals surface area contributed by atoms with Crippen molar-refractivity contribution in [2.75, 3.05) is 11.9 Å². The van der Waals surface area contributed by atoms with Crippen LogP contribution < -0.4 is 5.32 Å². The van der Waals surface area contributed by atoms with Crippen LogP contribution in [0, 0.1) is 5.82 Å². The molecule has 2 amide bonds. The highest BCUT2D eigenvalue weighted by Crippen LogP contribution is 2.39. The normalized spacial score (nSPS) is 16.4. The maximum atomic E-state index is 14.0. The number of carbonyl (C=O) groups is 2. The van der Waals surface area contributed by atoms with Crippen molar-refractivity contribution in [1.29, 1.82) is 0 Å². The summed E-state index contributed by atoms with van der Waals surface area (Å²) in [5.41, 5.74) is 1.53. The van der Waals surface area contributed by atoms with Crippen molar-refractivity contribution in [2.45, 2.75) is 6.04 Å². The van der Waals surface area contributed by atoms with Crippen LogP contribution in [-0.4, -0.2) is 23.3 Å². The first-order valence-corrected chi connectivity index (χ1v) is 9.90. The smallest absolute Gasteiger partial charge is 0.256 e. The summed E-state index contributed by atoms with van der Waals surface area (Å²) in [7, 11) is 0. The molecule has 0 aliphatic carbocycles. The van der Waals surface area contributed by atoms with Crippen LogP contribution in [0.15, 0.2) is 64.5 Å². The van der Waals surface area contributed by atoms with Crippen LogP contribution in [-0.2, 0) is 4.79 Å². The fraction of sp³-hybridized carbons (Fsp3) is 0.100. The predicted molar refractivity (Wildman–Crippen MR) is 106 cm³/mol. The van der Waals surface area contributed by atoms with Crippen molar-refractivity contribution < 1.29 is 14.0 Å². The molecule has 4 nitrogen and oxygen atoms in total. The van der Waals surface area contributed by atoms with E-state index < -0.39 is 11.9 Å². The number of amides is 2. The maximum absolute atomic E-state index is 14.0. The van der Waals surface area contributed by atoms with Gasteiger partial charge in [-0.2, -0.15) is 0 Å². The van der Waals surface area contributed by atoms with Crippen molar-refractivity contribution in [3.05, 3.63) is 86.3 Å². The Labute approximate surface area is 167 Å². The number of thiophene rings is 1. The molecule has 27 heavy (non-hydrogen) atoms. The Balaban J connectivity index is 1.89. The number of fused-ring (bicyclic) bond motifs is 1. The second kappa shape index (κ2) is 7.25. The van der Waals surface area contributed by atoms with Crippen LogP contribution in [0.1, 0.15) is 26.8 Å². The van der Waals surface area contributed by atoms with Crippen LogP contribution in [0.2, 0.25) is 0 Å². The third-order valence-electron chi connectivity index (χ3n) is 4.39. The molecule has 2 aromatic carbocycles. The number of hydrogen-bond acceptors (Lipinski definition) is 3. The van der Waals surface area contributed by atoms with Crippen molar-refractivity contribution in [2.24, 2.45) is 0 Å². The highest BCUT2D eigenvalue weighted by molar-refractivity contribution is 9.10. The largest absolute Gasteiger partial charge is 0.324 e. The average molecular weight is 445 g/mol. The lowest BCUT2D eigenvalue weighted by molar-refractivity contribution is -0.117. The monoisotopic (exact) mass is 444 g/mol. The fourth-order valence-electron chi connectivity index (χ4n) is 3.21. The standard InChI is InChI=1S/C20H14BrFN2O2S/c21-15-5-2-1-4-13(15)20(26)24-11-18(25)23-16-8-7-12(22)10-14(16)19(24)17-6-3-9-27-17/h1-10,19H,11H2,(H,23,25). The minimum Gasteiger partial charge on any atom is -0.324 e. The zero-order valence-corrected chi connectivity index (χ0v) is 16.4. The highest BCUT2D eigenvalue weighted by atomic mass is 79.9. The molecular formula is C20H14BrFN2O2S. The molecule has 1 N–H and O–H groups in total. The van der Waals surface area contributed by atoms with E-state index in [1.165, 1.54) is 34.4 Å². The lowest BCUT2D eigenvalue weighted by atomic mass is 10.0. The van der Waals surface area contributed by atoms with Gasteiger partial charge in [-0.3, -0.25) is 9.59 Å². The number of benzene rings is 2. The first-order chi connectivity index (χ1) is 13.0. The van der Waals surface area contributed by atoms with E-state index in [0.29, 0.717) is 21.3 Å². The molecule has 1 unspecified atom stereocenters. The third kappa shape index (κ3) is 3.40. The van der Waals surface area contributed by atoms with Crippen LogP contribution >= 0.6 is 27.3 Å². The summed E-state index contributed by atoms with van der Waals surface area (Å²) < 4.78 is 14.7. The van der Waals surface area contributed by atoms with Gasteiger partial charge < -0.3 is 10.2 Å². The van der Waals surface area contributed by atoms with Crippen molar-refractivity contribution in [3.8, 4) is 0 Å². The summed E-state index contributed by atoms with van der Waals surface area (Å²) in [5.74, 6) is -1.03. The quantitative estimate of drug-likeness (QED) is 0.614. The van der Waals surface area contributed by atoms with E-state index in [4.69, 9.17) is 0 Å². The molecular weight excluding hydrogens is 431 g/mol. The zero-order valence-electron chi connectivity index (χ0n) is 14.0. The number of carbonyl (C=O) groups excluding carboxylic acids is 2. The van der Waals surface area contributed by atoms with Crippen molar-refractivity contribution in [1.82, 2.24) is 4.90 Å². The molecule has 7 heteroatoms. The topological polar surface area (TPSA) is 49.4 Å². The molecule has 1 atom stereocenters. The van der Waals surface area contributed by atoms with Gasteiger partial charge in [0.25, 0.3) is 5.91 Å². The molecule has 1 aliphatic rings. The van der Waals surface area contributed by atoms with E-state index in [0.717, 1.165) is 4.88 Å². The van der Waals surface area contributed by atoms with Gasteiger partial charge in [0.2, 0.25) is 5.91 Å². The lowest BCUT2D eigenvalue weighted by Crippen LogP contribution is -2.38. The molecule has 0 saturated heterocycles. The minimum atomic E-state index is -0.561. The Morgan fingerprint density at radius 1 is 1.19 bits per heavy atom. The lowest BCUT2D eigenvalue weighted by Gasteiger charge is -2.29. The summed E-state index contributed by atoms with van der Waals surface area (Å²) >= 11 is 4.87. The van der Waals surface area contributed by atoms with Gasteiger partial charge in [0.05, 0.1) is 11.6 Å². The summed E-state index contributed by atoms with van der Waals surface area (Å²) in [4.78, 5) is 28.2. The number of nitrogens with zero attached hydrogens (tertiary/aromatic N) is 1. The SMILES string of the molecule is O=C1CN(C(=O)c2ccccc2Br)C(c2cccs2)c2cc(F)ccc2N1. The summed E-state index contributed by atoms with van der Waals surface area (Å²) in [5, 5.41) is 4.68. The number of rotatable bonds is 2. The van der Waals surface area contributed by atoms with E-state index in [-0.39, 0.29) is 18.4 Å². The van der Waals surface area contributed by atoms with Gasteiger partial charge in [-0.25, -0.2) is 4.39 Å². The number of nitrogens with one attached hydrogen (secondary N) is 1. The first-order valence-electron chi connectivity index (χ1n) is 8.23. The number of halogens is 2. The van der Waals surface area contributed by atoms with E-state index in [9.17, 15) is 14.0 Å². The van der Waals surface area contributed by atoms with Crippen LogP contribution in [0.5, 0.6) is 0 Å². The average Bonchev–Trinajstić information content (AvgIpc) is 3.13. The predicted octanol–water partition coefficient (Wildman–Crippen LogP) is 4.83. The number of anilines is 1. The maximum Gasteiger partial charge on any atom is 0.256 e. The van der Waals surface area contributed by atoms with E-state index in [1.807, 2.05) is 23.6 Å². The van der Waals surface area contributed by atoms with Gasteiger partial charge in [-0.15, -0.1) is 11.3 Å². The summed E-state index contributed by atoms with van der Waals surface area (Å²) in [6, 6.07) is 14.5. The molecule has 2 heterocycles. The second-order valence-corrected chi connectivity index (χ2v) is 7.94. The Bertz CT molecular complexity index is 1020. The van der Waals surface area contributed by atoms with Gasteiger partial charge >= 0.3 is 0 Å². The summed E-state index contributed by atoms with van der Waals surface area (Å²) in [6.07, 6.45) is 0. The van der Waals surface area contributed by atoms with Crippen molar-refractivity contribution >= 4 is 44.8 Å². The highest BCUT2D eigenvalue weighted by Gasteiger charge is 2.35. The molecule has 3 aromatic rings. The Morgan fingerprint density at radius 3 is 2.74 bits per heavy atom. The van der Waals surface area contributed by atoms with Gasteiger partial charge in [0.15, 0.2) is 0 Å². The molecule has 0 radical (unpaired) electrons. The first kappa shape index (κ1) is 17.9. The number of hydrogen-bond donors (Lipinski definition) is 1. The van der Waals surface area contributed by atoms with E-state index >= 15 is 0 Å². The van der Waals surface area contributed by atoms with E-state index in [1.54, 1.807) is 18.2 Å². The zero-order chi connectivity index (χ0) is 19.0. The molecule has 1 aliphatic heterocycles. The third-order valence-corrected chi connectivity index (χ3v) is 6.00. The molecule has 136 valence electrons. The van der Waals surface area contributed by atoms with Gasteiger partial charge in [0.1, 0.15) is 12.4 Å². The summed E-state index contributed by atoms with van der Waals surface area (Å²) in [6.45, 7) is -0.126. The molecule has 0 saturated carbocycles. The van der Waals surface area contributed by atoms with E-state index in [2.05, 4.69) is 21.2 Å². The van der Waals surface area contributed by atoms with Crippen LogP contribution in [0.3, 0.4) is 0 Å². The van der Waals surface area contributed by atoms with Crippen LogP contribution in [0.4, 0.5) is 10.1 Å². The van der Waals surface area contributed by atoms with Crippen LogP contribution in [0.25, 0.3) is 0 Å². The molecule has 0 spiro atoms. The van der Waals surface area contributed by atoms with Gasteiger partial charge in [-0.05, 0) is 57.7 Å². The molecule has 1 aromatic heterocycles. The Kier molecular flexibility index (Phi) is 4.80. The molecule has 0 fully saturated rings. The minimum absolute atomic E-state index is 0.126. The van der Waals surface area contributed by atoms with Crippen molar-refractivity contribution in [3.63, 3.8) is 0 Å². The van der Waals surface area contributed by atoms with Gasteiger partial charge in [-0.1, -0.05) is 18.2 Å². The fourth-order valence-corrected chi connectivity index (χ4v) is 4.52. The van der Waals surface area contributed by atoms with Gasteiger partial charge in [0, 0.05) is 20.6 Å². The Morgan fingerprint density at radius 2 is 2.00 bits per heavy atom. The molecule has 0 bridgehead atoms.